The van der Waals surface area contributed by atoms with Gasteiger partial charge >= 0.3 is 0 Å². The number of carbonyl (C=O) groups is 2. The van der Waals surface area contributed by atoms with Crippen molar-refractivity contribution in [2.75, 3.05) is 39.3 Å². The first-order valence-electron chi connectivity index (χ1n) is 5.58. The zero-order valence-corrected chi connectivity index (χ0v) is 10.3. The van der Waals surface area contributed by atoms with Gasteiger partial charge in [0, 0.05) is 26.6 Å². The van der Waals surface area contributed by atoms with Crippen LogP contribution in [0.2, 0.25) is 0 Å². The van der Waals surface area contributed by atoms with Gasteiger partial charge in [0.2, 0.25) is 11.8 Å². The third-order valence-electron chi connectivity index (χ3n) is 2.00. The molecular weight excluding hydrogens is 248 g/mol. The van der Waals surface area contributed by atoms with E-state index in [0.29, 0.717) is 0 Å². The molecule has 0 aromatic heterocycles. The standard InChI is InChI=1S/C10H19F2N3O3/c1-8(17)13-2-3-14-10(18)7-15(4-5-16)6-9(11)12/h9,16H,2-7H2,1H3,(H,13,17)(H,14,18). The number of nitrogens with one attached hydrogen (secondary N) is 2. The fraction of sp³-hybridized carbons (Fsp3) is 0.800. The molecular formula is C10H19F2N3O3. The minimum absolute atomic E-state index is 0.0173. The van der Waals surface area contributed by atoms with Crippen LogP contribution in [0.25, 0.3) is 0 Å². The number of rotatable bonds is 9. The van der Waals surface area contributed by atoms with Crippen molar-refractivity contribution in [3.63, 3.8) is 0 Å². The Morgan fingerprint density at radius 3 is 2.39 bits per heavy atom. The number of nitrogens with zero attached hydrogens (tertiary/aromatic N) is 1. The average molecular weight is 267 g/mol. The molecule has 0 rings (SSSR count). The van der Waals surface area contributed by atoms with Crippen molar-refractivity contribution in [1.29, 1.82) is 0 Å². The van der Waals surface area contributed by atoms with E-state index < -0.39 is 18.9 Å². The van der Waals surface area contributed by atoms with Crippen molar-refractivity contribution in [1.82, 2.24) is 15.5 Å². The number of alkyl halides is 2. The molecule has 0 radical (unpaired) electrons. The highest BCUT2D eigenvalue weighted by Crippen LogP contribution is 1.97. The molecule has 3 N–H and O–H groups in total. The molecule has 0 saturated carbocycles. The summed E-state index contributed by atoms with van der Waals surface area (Å²) in [4.78, 5) is 23.1. The number of hydrogen-bond acceptors (Lipinski definition) is 4. The van der Waals surface area contributed by atoms with Crippen LogP contribution in [-0.4, -0.2) is 67.6 Å². The van der Waals surface area contributed by atoms with Crippen LogP contribution in [0, 0.1) is 0 Å². The first-order valence-corrected chi connectivity index (χ1v) is 5.58. The molecule has 0 saturated heterocycles. The van der Waals surface area contributed by atoms with Gasteiger partial charge in [0.1, 0.15) is 0 Å². The van der Waals surface area contributed by atoms with Gasteiger partial charge in [-0.25, -0.2) is 8.78 Å². The van der Waals surface area contributed by atoms with Crippen LogP contribution in [0.3, 0.4) is 0 Å². The summed E-state index contributed by atoms with van der Waals surface area (Å²) in [6, 6.07) is 0. The number of amides is 2. The van der Waals surface area contributed by atoms with Gasteiger partial charge in [0.05, 0.1) is 19.7 Å². The number of halogens is 2. The average Bonchev–Trinajstić information content (AvgIpc) is 2.23. The van der Waals surface area contributed by atoms with Gasteiger partial charge in [-0.3, -0.25) is 14.5 Å². The van der Waals surface area contributed by atoms with E-state index in [-0.39, 0.29) is 38.7 Å². The quantitative estimate of drug-likeness (QED) is 0.458. The second kappa shape index (κ2) is 9.72. The summed E-state index contributed by atoms with van der Waals surface area (Å²) >= 11 is 0. The van der Waals surface area contributed by atoms with Crippen LogP contribution in [0.5, 0.6) is 0 Å². The van der Waals surface area contributed by atoms with Crippen molar-refractivity contribution >= 4 is 11.8 Å². The first kappa shape index (κ1) is 16.7. The largest absolute Gasteiger partial charge is 0.395 e. The Morgan fingerprint density at radius 2 is 1.89 bits per heavy atom. The van der Waals surface area contributed by atoms with Gasteiger partial charge in [-0.1, -0.05) is 0 Å². The number of hydrogen-bond donors (Lipinski definition) is 3. The normalized spacial score (nSPS) is 10.8. The summed E-state index contributed by atoms with van der Waals surface area (Å²) in [5, 5.41) is 13.6. The molecule has 0 unspecified atom stereocenters. The van der Waals surface area contributed by atoms with E-state index in [9.17, 15) is 18.4 Å². The highest BCUT2D eigenvalue weighted by molar-refractivity contribution is 5.78. The lowest BCUT2D eigenvalue weighted by Gasteiger charge is -2.20. The Morgan fingerprint density at radius 1 is 1.28 bits per heavy atom. The Kier molecular flexibility index (Phi) is 9.03. The SMILES string of the molecule is CC(=O)NCCNC(=O)CN(CCO)CC(F)F. The molecule has 2 amide bonds. The van der Waals surface area contributed by atoms with E-state index in [0.717, 1.165) is 0 Å². The summed E-state index contributed by atoms with van der Waals surface area (Å²) in [6.07, 6.45) is -2.55. The summed E-state index contributed by atoms with van der Waals surface area (Å²) in [5.41, 5.74) is 0. The van der Waals surface area contributed by atoms with E-state index in [1.807, 2.05) is 0 Å². The molecule has 0 aliphatic carbocycles. The van der Waals surface area contributed by atoms with E-state index in [1.54, 1.807) is 0 Å². The van der Waals surface area contributed by atoms with Crippen LogP contribution in [0.1, 0.15) is 6.92 Å². The molecule has 0 aliphatic heterocycles. The Bertz CT molecular complexity index is 265. The van der Waals surface area contributed by atoms with Crippen molar-refractivity contribution in [3.05, 3.63) is 0 Å². The molecule has 0 heterocycles. The summed E-state index contributed by atoms with van der Waals surface area (Å²) in [5.74, 6) is -0.627. The second-order valence-corrected chi connectivity index (χ2v) is 3.68. The maximum atomic E-state index is 12.2. The van der Waals surface area contributed by atoms with E-state index in [1.165, 1.54) is 11.8 Å². The maximum absolute atomic E-state index is 12.2. The first-order chi connectivity index (χ1) is 8.45. The van der Waals surface area contributed by atoms with Crippen LogP contribution >= 0.6 is 0 Å². The molecule has 0 spiro atoms. The highest BCUT2D eigenvalue weighted by Gasteiger charge is 2.14. The van der Waals surface area contributed by atoms with Crippen LogP contribution in [-0.2, 0) is 9.59 Å². The molecule has 0 fully saturated rings. The lowest BCUT2D eigenvalue weighted by atomic mass is 10.4. The van der Waals surface area contributed by atoms with Crippen molar-refractivity contribution in [2.45, 2.75) is 13.3 Å². The Hall–Kier alpha value is -1.28. The molecule has 0 bridgehead atoms. The van der Waals surface area contributed by atoms with Crippen LogP contribution in [0.4, 0.5) is 8.78 Å². The lowest BCUT2D eigenvalue weighted by Crippen LogP contribution is -2.42. The van der Waals surface area contributed by atoms with Gasteiger partial charge in [-0.05, 0) is 0 Å². The van der Waals surface area contributed by atoms with Crippen molar-refractivity contribution < 1.29 is 23.5 Å². The van der Waals surface area contributed by atoms with E-state index in [4.69, 9.17) is 5.11 Å². The molecule has 0 aromatic rings. The number of carbonyl (C=O) groups excluding carboxylic acids is 2. The van der Waals surface area contributed by atoms with E-state index >= 15 is 0 Å². The maximum Gasteiger partial charge on any atom is 0.251 e. The number of aliphatic hydroxyl groups excluding tert-OH is 1. The van der Waals surface area contributed by atoms with Crippen LogP contribution in [0.15, 0.2) is 0 Å². The van der Waals surface area contributed by atoms with Gasteiger partial charge in [-0.2, -0.15) is 0 Å². The predicted molar refractivity (Wildman–Crippen MR) is 61.2 cm³/mol. The summed E-state index contributed by atoms with van der Waals surface area (Å²) in [6.45, 7) is 0.851. The molecule has 8 heteroatoms. The van der Waals surface area contributed by atoms with Crippen molar-refractivity contribution in [3.8, 4) is 0 Å². The molecule has 6 nitrogen and oxygen atoms in total. The van der Waals surface area contributed by atoms with Crippen LogP contribution < -0.4 is 10.6 Å². The summed E-state index contributed by atoms with van der Waals surface area (Å²) in [7, 11) is 0. The predicted octanol–water partition coefficient (Wildman–Crippen LogP) is -1.20. The van der Waals surface area contributed by atoms with E-state index in [2.05, 4.69) is 10.6 Å². The Labute approximate surface area is 104 Å². The minimum atomic E-state index is -2.55. The smallest absolute Gasteiger partial charge is 0.251 e. The number of aliphatic hydroxyl groups is 1. The third kappa shape index (κ3) is 9.91. The fourth-order valence-electron chi connectivity index (χ4n) is 1.27. The van der Waals surface area contributed by atoms with Gasteiger partial charge in [-0.15, -0.1) is 0 Å². The molecule has 0 aromatic carbocycles. The molecule has 18 heavy (non-hydrogen) atoms. The zero-order valence-electron chi connectivity index (χ0n) is 10.3. The fourth-order valence-corrected chi connectivity index (χ4v) is 1.27. The monoisotopic (exact) mass is 267 g/mol. The zero-order chi connectivity index (χ0) is 14.0. The van der Waals surface area contributed by atoms with Gasteiger partial charge in [0.25, 0.3) is 6.43 Å². The highest BCUT2D eigenvalue weighted by atomic mass is 19.3. The van der Waals surface area contributed by atoms with Crippen molar-refractivity contribution in [2.24, 2.45) is 0 Å². The topological polar surface area (TPSA) is 81.7 Å². The molecule has 0 aliphatic rings. The van der Waals surface area contributed by atoms with Gasteiger partial charge < -0.3 is 15.7 Å². The molecule has 0 atom stereocenters. The Balaban J connectivity index is 3.83. The second-order valence-electron chi connectivity index (χ2n) is 3.68. The van der Waals surface area contributed by atoms with Gasteiger partial charge in [0.15, 0.2) is 0 Å². The minimum Gasteiger partial charge on any atom is -0.395 e. The third-order valence-corrected chi connectivity index (χ3v) is 2.00. The lowest BCUT2D eigenvalue weighted by molar-refractivity contribution is -0.123. The molecule has 106 valence electrons. The summed E-state index contributed by atoms with van der Waals surface area (Å²) < 4.78 is 24.3.